The number of aryl methyl sites for hydroxylation is 1. The van der Waals surface area contributed by atoms with Crippen LogP contribution < -0.4 is 14.8 Å². The molecule has 2 rings (SSSR count). The van der Waals surface area contributed by atoms with Gasteiger partial charge in [0.05, 0.1) is 14.2 Å². The molecule has 0 aliphatic carbocycles. The minimum absolute atomic E-state index is 0.0258. The molecule has 0 spiro atoms. The van der Waals surface area contributed by atoms with E-state index < -0.39 is 5.91 Å². The van der Waals surface area contributed by atoms with Gasteiger partial charge in [-0.3, -0.25) is 4.79 Å². The van der Waals surface area contributed by atoms with E-state index in [1.54, 1.807) is 37.4 Å². The zero-order chi connectivity index (χ0) is 17.5. The highest BCUT2D eigenvalue weighted by Crippen LogP contribution is 2.26. The zero-order valence-electron chi connectivity index (χ0n) is 13.8. The molecule has 0 aliphatic rings. The molecular formula is C19H18N2O3. The summed E-state index contributed by atoms with van der Waals surface area (Å²) in [5.74, 6) is 0.677. The van der Waals surface area contributed by atoms with Crippen molar-refractivity contribution in [2.24, 2.45) is 0 Å². The van der Waals surface area contributed by atoms with Crippen molar-refractivity contribution in [3.05, 3.63) is 59.2 Å². The van der Waals surface area contributed by atoms with Gasteiger partial charge in [-0.1, -0.05) is 17.7 Å². The van der Waals surface area contributed by atoms with Gasteiger partial charge in [0.25, 0.3) is 5.91 Å². The fourth-order valence-electron chi connectivity index (χ4n) is 2.09. The molecule has 2 aromatic rings. The lowest BCUT2D eigenvalue weighted by molar-refractivity contribution is -0.112. The van der Waals surface area contributed by atoms with Crippen molar-refractivity contribution in [1.82, 2.24) is 0 Å². The standard InChI is InChI=1S/C19H18N2O3/c1-13-4-6-16(7-5-13)21-19(22)15(12-20)10-14-11-17(23-2)8-9-18(14)24-3/h4-11H,1-3H3,(H,21,22). The number of benzene rings is 2. The fraction of sp³-hybridized carbons (Fsp3) is 0.158. The number of nitriles is 1. The van der Waals surface area contributed by atoms with Gasteiger partial charge >= 0.3 is 0 Å². The number of rotatable bonds is 5. The van der Waals surface area contributed by atoms with Crippen molar-refractivity contribution in [2.75, 3.05) is 19.5 Å². The van der Waals surface area contributed by atoms with E-state index in [0.29, 0.717) is 22.7 Å². The Hall–Kier alpha value is -3.26. The van der Waals surface area contributed by atoms with Crippen molar-refractivity contribution in [3.8, 4) is 17.6 Å². The van der Waals surface area contributed by atoms with Gasteiger partial charge in [-0.05, 0) is 43.3 Å². The average Bonchev–Trinajstić information content (AvgIpc) is 2.61. The minimum Gasteiger partial charge on any atom is -0.497 e. The molecule has 122 valence electrons. The van der Waals surface area contributed by atoms with E-state index in [-0.39, 0.29) is 5.57 Å². The van der Waals surface area contributed by atoms with E-state index in [1.165, 1.54) is 13.2 Å². The predicted octanol–water partition coefficient (Wildman–Crippen LogP) is 3.56. The average molecular weight is 322 g/mol. The number of amides is 1. The van der Waals surface area contributed by atoms with Crippen molar-refractivity contribution >= 4 is 17.7 Å². The van der Waals surface area contributed by atoms with Crippen molar-refractivity contribution < 1.29 is 14.3 Å². The lowest BCUT2D eigenvalue weighted by atomic mass is 10.1. The maximum Gasteiger partial charge on any atom is 0.266 e. The van der Waals surface area contributed by atoms with Gasteiger partial charge in [0, 0.05) is 11.3 Å². The number of nitrogens with one attached hydrogen (secondary N) is 1. The van der Waals surface area contributed by atoms with Gasteiger partial charge < -0.3 is 14.8 Å². The van der Waals surface area contributed by atoms with Crippen molar-refractivity contribution in [2.45, 2.75) is 6.92 Å². The highest BCUT2D eigenvalue weighted by Gasteiger charge is 2.12. The summed E-state index contributed by atoms with van der Waals surface area (Å²) in [6.07, 6.45) is 1.48. The van der Waals surface area contributed by atoms with Gasteiger partial charge in [0.1, 0.15) is 23.1 Å². The third kappa shape index (κ3) is 4.14. The molecule has 1 amide bonds. The summed E-state index contributed by atoms with van der Waals surface area (Å²) in [5.41, 5.74) is 2.28. The Morgan fingerprint density at radius 3 is 2.42 bits per heavy atom. The van der Waals surface area contributed by atoms with E-state index in [4.69, 9.17) is 9.47 Å². The molecule has 0 aliphatic heterocycles. The highest BCUT2D eigenvalue weighted by atomic mass is 16.5. The molecule has 0 saturated heterocycles. The van der Waals surface area contributed by atoms with Crippen molar-refractivity contribution in [3.63, 3.8) is 0 Å². The number of hydrogen-bond acceptors (Lipinski definition) is 4. The Morgan fingerprint density at radius 1 is 1.12 bits per heavy atom. The number of carbonyl (C=O) groups excluding carboxylic acids is 1. The Balaban J connectivity index is 2.30. The van der Waals surface area contributed by atoms with Gasteiger partial charge in [-0.25, -0.2) is 0 Å². The van der Waals surface area contributed by atoms with Gasteiger partial charge in [0.2, 0.25) is 0 Å². The number of methoxy groups -OCH3 is 2. The summed E-state index contributed by atoms with van der Waals surface area (Å²) >= 11 is 0. The summed E-state index contributed by atoms with van der Waals surface area (Å²) in [4.78, 5) is 12.3. The molecule has 0 fully saturated rings. The molecule has 0 unspecified atom stereocenters. The summed E-state index contributed by atoms with van der Waals surface area (Å²) in [7, 11) is 3.07. The molecule has 2 aromatic carbocycles. The molecule has 0 atom stereocenters. The van der Waals surface area contributed by atoms with Gasteiger partial charge in [-0.2, -0.15) is 5.26 Å². The van der Waals surface area contributed by atoms with E-state index in [2.05, 4.69) is 5.32 Å². The molecule has 1 N–H and O–H groups in total. The fourth-order valence-corrected chi connectivity index (χ4v) is 2.09. The van der Waals surface area contributed by atoms with Crippen LogP contribution in [0.15, 0.2) is 48.0 Å². The van der Waals surface area contributed by atoms with Crippen molar-refractivity contribution in [1.29, 1.82) is 5.26 Å². The van der Waals surface area contributed by atoms with E-state index in [1.807, 2.05) is 25.1 Å². The van der Waals surface area contributed by atoms with E-state index >= 15 is 0 Å². The molecule has 0 saturated carbocycles. The SMILES string of the molecule is COc1ccc(OC)c(C=C(C#N)C(=O)Nc2ccc(C)cc2)c1. The Morgan fingerprint density at radius 2 is 1.83 bits per heavy atom. The first-order valence-electron chi connectivity index (χ1n) is 7.29. The Labute approximate surface area is 141 Å². The second kappa shape index (κ2) is 7.84. The molecule has 0 heterocycles. The normalized spacial score (nSPS) is 10.7. The maximum absolute atomic E-state index is 12.3. The van der Waals surface area contributed by atoms with Crippen LogP contribution in [0.3, 0.4) is 0 Å². The summed E-state index contributed by atoms with van der Waals surface area (Å²) < 4.78 is 10.4. The first-order valence-corrected chi connectivity index (χ1v) is 7.29. The largest absolute Gasteiger partial charge is 0.497 e. The van der Waals surface area contributed by atoms with Gasteiger partial charge in [-0.15, -0.1) is 0 Å². The monoisotopic (exact) mass is 322 g/mol. The summed E-state index contributed by atoms with van der Waals surface area (Å²) in [6, 6.07) is 14.4. The summed E-state index contributed by atoms with van der Waals surface area (Å²) in [6.45, 7) is 1.96. The topological polar surface area (TPSA) is 71.3 Å². The summed E-state index contributed by atoms with van der Waals surface area (Å²) in [5, 5.41) is 12.0. The van der Waals surface area contributed by atoms with Crippen LogP contribution in [-0.4, -0.2) is 20.1 Å². The van der Waals surface area contributed by atoms with Crippen LogP contribution in [0, 0.1) is 18.3 Å². The van der Waals surface area contributed by atoms with E-state index in [0.717, 1.165) is 5.56 Å². The maximum atomic E-state index is 12.3. The first kappa shape index (κ1) is 17.1. The number of nitrogens with zero attached hydrogens (tertiary/aromatic N) is 1. The molecule has 5 nitrogen and oxygen atoms in total. The molecule has 5 heteroatoms. The van der Waals surface area contributed by atoms with E-state index in [9.17, 15) is 10.1 Å². The smallest absolute Gasteiger partial charge is 0.266 e. The number of ether oxygens (including phenoxy) is 2. The second-order valence-corrected chi connectivity index (χ2v) is 5.10. The molecular weight excluding hydrogens is 304 g/mol. The predicted molar refractivity (Wildman–Crippen MR) is 92.9 cm³/mol. The lowest BCUT2D eigenvalue weighted by Gasteiger charge is -2.08. The quantitative estimate of drug-likeness (QED) is 0.675. The van der Waals surface area contributed by atoms with Crippen LogP contribution in [-0.2, 0) is 4.79 Å². The molecule has 0 bridgehead atoms. The third-order valence-corrected chi connectivity index (χ3v) is 3.41. The minimum atomic E-state index is -0.480. The number of carbonyl (C=O) groups is 1. The Kier molecular flexibility index (Phi) is 5.58. The van der Waals surface area contributed by atoms with Crippen LogP contribution in [0.5, 0.6) is 11.5 Å². The zero-order valence-corrected chi connectivity index (χ0v) is 13.8. The second-order valence-electron chi connectivity index (χ2n) is 5.10. The first-order chi connectivity index (χ1) is 11.6. The molecule has 0 radical (unpaired) electrons. The molecule has 24 heavy (non-hydrogen) atoms. The molecule has 0 aromatic heterocycles. The Bertz CT molecular complexity index is 802. The highest BCUT2D eigenvalue weighted by molar-refractivity contribution is 6.09. The van der Waals surface area contributed by atoms with Crippen LogP contribution in [0.4, 0.5) is 5.69 Å². The lowest BCUT2D eigenvalue weighted by Crippen LogP contribution is -2.13. The number of hydrogen-bond donors (Lipinski definition) is 1. The third-order valence-electron chi connectivity index (χ3n) is 3.41. The van der Waals surface area contributed by atoms with Crippen LogP contribution in [0.1, 0.15) is 11.1 Å². The van der Waals surface area contributed by atoms with Crippen LogP contribution in [0.2, 0.25) is 0 Å². The van der Waals surface area contributed by atoms with Gasteiger partial charge in [0.15, 0.2) is 0 Å². The van der Waals surface area contributed by atoms with Crippen LogP contribution in [0.25, 0.3) is 6.08 Å². The number of anilines is 1. The van der Waals surface area contributed by atoms with Crippen LogP contribution >= 0.6 is 0 Å².